The van der Waals surface area contributed by atoms with Gasteiger partial charge in [0.2, 0.25) is 0 Å². The molecule has 2 heterocycles. The van der Waals surface area contributed by atoms with Crippen LogP contribution in [0.2, 0.25) is 0 Å². The summed E-state index contributed by atoms with van der Waals surface area (Å²) in [5, 5.41) is 2.75. The highest BCUT2D eigenvalue weighted by atomic mass is 32.2. The number of hydrogen-bond acceptors (Lipinski definition) is 2. The molecule has 1 fully saturated rings. The van der Waals surface area contributed by atoms with E-state index in [0.29, 0.717) is 11.3 Å². The summed E-state index contributed by atoms with van der Waals surface area (Å²) in [6.45, 7) is 2.18. The molecule has 1 nitrogen and oxygen atoms in total. The Labute approximate surface area is 64.1 Å². The van der Waals surface area contributed by atoms with Crippen molar-refractivity contribution < 1.29 is 0 Å². The summed E-state index contributed by atoms with van der Waals surface area (Å²) in [5.41, 5.74) is 0. The minimum atomic E-state index is 0.611. The summed E-state index contributed by atoms with van der Waals surface area (Å²) in [7, 11) is 0. The topological polar surface area (TPSA) is 3.24 Å². The minimum Gasteiger partial charge on any atom is -0.328 e. The van der Waals surface area contributed by atoms with Gasteiger partial charge in [0.1, 0.15) is 0 Å². The molecule has 0 aromatic carbocycles. The molecule has 48 valence electrons. The first kappa shape index (κ1) is 5.74. The predicted octanol–water partition coefficient (Wildman–Crippen LogP) is 1.81. The van der Waals surface area contributed by atoms with Gasteiger partial charge < -0.3 is 4.90 Å². The first-order chi connectivity index (χ1) is 4.30. The lowest BCUT2D eigenvalue weighted by Crippen LogP contribution is -2.51. The smallest absolute Gasteiger partial charge is 0.0927 e. The Morgan fingerprint density at radius 1 is 1.78 bits per heavy atom. The van der Waals surface area contributed by atoms with E-state index in [9.17, 15) is 0 Å². The number of thiocarbonyl (C=S) groups is 1. The third-order valence-corrected chi connectivity index (χ3v) is 3.56. The molecule has 0 amide bonds. The first-order valence-electron chi connectivity index (χ1n) is 2.95. The van der Waals surface area contributed by atoms with Gasteiger partial charge in [0.25, 0.3) is 0 Å². The molecular weight excluding hydrogens is 150 g/mol. The normalized spacial score (nSPS) is 38.8. The van der Waals surface area contributed by atoms with Crippen LogP contribution in [0.25, 0.3) is 0 Å². The summed E-state index contributed by atoms with van der Waals surface area (Å²) >= 11 is 6.97. The average molecular weight is 157 g/mol. The second-order valence-corrected chi connectivity index (χ2v) is 3.79. The predicted molar refractivity (Wildman–Crippen MR) is 44.1 cm³/mol. The van der Waals surface area contributed by atoms with Crippen LogP contribution >= 0.6 is 24.0 Å². The summed E-state index contributed by atoms with van der Waals surface area (Å²) in [5.74, 6) is 0.611. The van der Waals surface area contributed by atoms with Crippen molar-refractivity contribution in [3.63, 3.8) is 0 Å². The van der Waals surface area contributed by atoms with Crippen molar-refractivity contribution in [2.24, 2.45) is 5.92 Å². The van der Waals surface area contributed by atoms with Crippen molar-refractivity contribution in [2.75, 3.05) is 0 Å². The van der Waals surface area contributed by atoms with Crippen molar-refractivity contribution in [1.82, 2.24) is 4.90 Å². The molecule has 2 rings (SSSR count). The molecule has 2 atom stereocenters. The van der Waals surface area contributed by atoms with E-state index in [2.05, 4.69) is 23.4 Å². The monoisotopic (exact) mass is 157 g/mol. The average Bonchev–Trinajstić information content (AvgIpc) is 2.30. The van der Waals surface area contributed by atoms with Crippen LogP contribution < -0.4 is 0 Å². The number of thioether (sulfide) groups is 1. The molecule has 3 heteroatoms. The summed E-state index contributed by atoms with van der Waals surface area (Å²) in [6.07, 6.45) is 2.07. The van der Waals surface area contributed by atoms with Crippen LogP contribution in [0, 0.1) is 5.92 Å². The van der Waals surface area contributed by atoms with E-state index >= 15 is 0 Å². The van der Waals surface area contributed by atoms with Gasteiger partial charge in [-0.05, 0) is 5.41 Å². The fourth-order valence-electron chi connectivity index (χ4n) is 1.16. The van der Waals surface area contributed by atoms with E-state index in [1.54, 1.807) is 0 Å². The van der Waals surface area contributed by atoms with Crippen LogP contribution in [0.5, 0.6) is 0 Å². The largest absolute Gasteiger partial charge is 0.328 e. The molecule has 0 aliphatic carbocycles. The molecule has 0 bridgehead atoms. The fourth-order valence-corrected chi connectivity index (χ4v) is 2.66. The quantitative estimate of drug-likeness (QED) is 0.494. The highest BCUT2D eigenvalue weighted by molar-refractivity contribution is 8.03. The molecule has 0 N–H and O–H groups in total. The standard InChI is InChI=1S/C6H7NS2/c1-4-5(8)7-2-3-9-6(4)7/h2-4,6H,1H3/t4?,6-/m0/s1. The second kappa shape index (κ2) is 1.73. The molecule has 0 spiro atoms. The molecule has 9 heavy (non-hydrogen) atoms. The number of rotatable bonds is 0. The molecule has 2 aliphatic rings. The van der Waals surface area contributed by atoms with Crippen molar-refractivity contribution in [3.05, 3.63) is 11.6 Å². The first-order valence-corrected chi connectivity index (χ1v) is 4.30. The van der Waals surface area contributed by atoms with Gasteiger partial charge in [-0.3, -0.25) is 0 Å². The van der Waals surface area contributed by atoms with E-state index in [-0.39, 0.29) is 0 Å². The molecule has 0 aromatic rings. The Bertz CT molecular complexity index is 187. The second-order valence-electron chi connectivity index (χ2n) is 2.35. The van der Waals surface area contributed by atoms with Crippen molar-refractivity contribution in [2.45, 2.75) is 12.3 Å². The lowest BCUT2D eigenvalue weighted by molar-refractivity contribution is 0.369. The number of fused-ring (bicyclic) bond motifs is 1. The van der Waals surface area contributed by atoms with Gasteiger partial charge in [-0.1, -0.05) is 19.1 Å². The molecule has 1 unspecified atom stereocenters. The SMILES string of the molecule is CC1C(=S)N2C=CS[C@@H]12. The van der Waals surface area contributed by atoms with Gasteiger partial charge >= 0.3 is 0 Å². The van der Waals surface area contributed by atoms with Crippen LogP contribution in [-0.2, 0) is 0 Å². The van der Waals surface area contributed by atoms with Crippen LogP contribution in [-0.4, -0.2) is 15.3 Å². The van der Waals surface area contributed by atoms with Gasteiger partial charge in [-0.15, -0.1) is 11.8 Å². The van der Waals surface area contributed by atoms with E-state index in [0.717, 1.165) is 4.99 Å². The van der Waals surface area contributed by atoms with E-state index in [1.165, 1.54) is 0 Å². The zero-order valence-corrected chi connectivity index (χ0v) is 6.71. The number of hydrogen-bond donors (Lipinski definition) is 0. The summed E-state index contributed by atoms with van der Waals surface area (Å²) < 4.78 is 0. The Hall–Kier alpha value is -0.0200. The highest BCUT2D eigenvalue weighted by Crippen LogP contribution is 2.41. The maximum Gasteiger partial charge on any atom is 0.0927 e. The van der Waals surface area contributed by atoms with Gasteiger partial charge in [0.05, 0.1) is 10.4 Å². The van der Waals surface area contributed by atoms with Crippen LogP contribution in [0.15, 0.2) is 11.6 Å². The maximum atomic E-state index is 5.11. The molecular formula is C6H7NS2. The molecule has 0 aromatic heterocycles. The van der Waals surface area contributed by atoms with Crippen LogP contribution in [0.3, 0.4) is 0 Å². The van der Waals surface area contributed by atoms with Gasteiger partial charge in [-0.25, -0.2) is 0 Å². The zero-order valence-electron chi connectivity index (χ0n) is 5.07. The Kier molecular flexibility index (Phi) is 1.11. The number of nitrogens with zero attached hydrogens (tertiary/aromatic N) is 1. The zero-order chi connectivity index (χ0) is 6.43. The van der Waals surface area contributed by atoms with Crippen LogP contribution in [0.4, 0.5) is 0 Å². The van der Waals surface area contributed by atoms with Gasteiger partial charge in [-0.2, -0.15) is 0 Å². The minimum absolute atomic E-state index is 0.611. The Morgan fingerprint density at radius 3 is 3.22 bits per heavy atom. The van der Waals surface area contributed by atoms with E-state index in [1.807, 2.05) is 11.8 Å². The fraction of sp³-hybridized carbons (Fsp3) is 0.500. The molecule has 0 saturated carbocycles. The molecule has 1 saturated heterocycles. The molecule has 2 aliphatic heterocycles. The third-order valence-electron chi connectivity index (χ3n) is 1.79. The van der Waals surface area contributed by atoms with Gasteiger partial charge in [0.15, 0.2) is 0 Å². The van der Waals surface area contributed by atoms with E-state index < -0.39 is 0 Å². The Balaban J connectivity index is 2.21. The van der Waals surface area contributed by atoms with Crippen molar-refractivity contribution >= 4 is 29.0 Å². The van der Waals surface area contributed by atoms with Crippen molar-refractivity contribution in [1.29, 1.82) is 0 Å². The van der Waals surface area contributed by atoms with Crippen LogP contribution in [0.1, 0.15) is 6.92 Å². The third kappa shape index (κ3) is 0.591. The Morgan fingerprint density at radius 2 is 2.56 bits per heavy atom. The summed E-state index contributed by atoms with van der Waals surface area (Å²) in [6, 6.07) is 0. The van der Waals surface area contributed by atoms with Gasteiger partial charge in [0, 0.05) is 12.1 Å². The highest BCUT2D eigenvalue weighted by Gasteiger charge is 2.41. The molecule has 0 radical (unpaired) electrons. The summed E-state index contributed by atoms with van der Waals surface area (Å²) in [4.78, 5) is 3.26. The maximum absolute atomic E-state index is 5.11. The van der Waals surface area contributed by atoms with Crippen molar-refractivity contribution in [3.8, 4) is 0 Å². The van der Waals surface area contributed by atoms with E-state index in [4.69, 9.17) is 12.2 Å². The lowest BCUT2D eigenvalue weighted by atomic mass is 10.0. The lowest BCUT2D eigenvalue weighted by Gasteiger charge is -2.42.